The second-order valence-electron chi connectivity index (χ2n) is 6.93. The van der Waals surface area contributed by atoms with E-state index in [4.69, 9.17) is 4.74 Å². The molecule has 0 radical (unpaired) electrons. The maximum absolute atomic E-state index is 13.0. The van der Waals surface area contributed by atoms with E-state index < -0.39 is 6.10 Å². The van der Waals surface area contributed by atoms with E-state index in [1.165, 1.54) is 16.7 Å². The van der Waals surface area contributed by atoms with E-state index in [0.29, 0.717) is 28.2 Å². The Bertz CT molecular complexity index is 1160. The van der Waals surface area contributed by atoms with Gasteiger partial charge in [0.15, 0.2) is 6.10 Å². The van der Waals surface area contributed by atoms with Gasteiger partial charge in [0, 0.05) is 14.0 Å². The van der Waals surface area contributed by atoms with Crippen LogP contribution in [0.4, 0.5) is 5.69 Å². The fourth-order valence-electron chi connectivity index (χ4n) is 3.42. The summed E-state index contributed by atoms with van der Waals surface area (Å²) < 4.78 is 5.85. The number of ether oxygens (including phenoxy) is 1. The van der Waals surface area contributed by atoms with Crippen molar-refractivity contribution in [2.24, 2.45) is 0 Å². The molecule has 1 aromatic heterocycles. The largest absolute Gasteiger partial charge is 0.476 e. The van der Waals surface area contributed by atoms with Gasteiger partial charge in [-0.25, -0.2) is 4.98 Å². The third-order valence-electron chi connectivity index (χ3n) is 4.85. The fraction of sp³-hybridized carbons (Fsp3) is 0.238. The highest BCUT2D eigenvalue weighted by atomic mass is 16.5. The Morgan fingerprint density at radius 1 is 1.21 bits per heavy atom. The van der Waals surface area contributed by atoms with E-state index in [1.807, 2.05) is 6.07 Å². The van der Waals surface area contributed by atoms with Crippen LogP contribution in [0.15, 0.2) is 53.3 Å². The van der Waals surface area contributed by atoms with Crippen LogP contribution in [0.25, 0.3) is 10.9 Å². The number of anilines is 1. The smallest absolute Gasteiger partial charge is 0.265 e. The van der Waals surface area contributed by atoms with Crippen LogP contribution in [0.1, 0.15) is 12.7 Å². The molecule has 2 heterocycles. The van der Waals surface area contributed by atoms with Crippen LogP contribution in [-0.2, 0) is 16.1 Å². The van der Waals surface area contributed by atoms with Crippen LogP contribution in [0.5, 0.6) is 5.75 Å². The number of H-pyrrole nitrogens is 1. The number of benzene rings is 2. The molecule has 1 aliphatic heterocycles. The quantitative estimate of drug-likeness (QED) is 0.732. The number of carbonyl (C=O) groups excluding carboxylic acids is 2. The number of hydrogen-bond donors (Lipinski definition) is 1. The van der Waals surface area contributed by atoms with E-state index in [9.17, 15) is 14.4 Å². The first kappa shape index (κ1) is 18.7. The zero-order valence-electron chi connectivity index (χ0n) is 16.1. The van der Waals surface area contributed by atoms with Gasteiger partial charge in [-0.2, -0.15) is 0 Å². The molecule has 1 atom stereocenters. The second-order valence-corrected chi connectivity index (χ2v) is 6.93. The van der Waals surface area contributed by atoms with Gasteiger partial charge in [0.2, 0.25) is 5.91 Å². The summed E-state index contributed by atoms with van der Waals surface area (Å²) in [7, 11) is 1.61. The Morgan fingerprint density at radius 3 is 2.72 bits per heavy atom. The van der Waals surface area contributed by atoms with Crippen LogP contribution in [0.2, 0.25) is 0 Å². The number of fused-ring (bicyclic) bond motifs is 2. The predicted molar refractivity (Wildman–Crippen MR) is 108 cm³/mol. The molecule has 1 aliphatic rings. The zero-order chi connectivity index (χ0) is 20.5. The summed E-state index contributed by atoms with van der Waals surface area (Å²) in [6, 6.07) is 14.1. The molecule has 148 valence electrons. The molecule has 3 aromatic rings. The molecule has 0 unspecified atom stereocenters. The SMILES string of the molecule is CC(=O)N1C[C@@H](C(=O)N(C)Cc2nc3ccccc3c(=O)[nH]2)Oc2ccccc21. The number of nitrogens with one attached hydrogen (secondary N) is 1. The molecule has 0 saturated heterocycles. The summed E-state index contributed by atoms with van der Waals surface area (Å²) >= 11 is 0. The van der Waals surface area contributed by atoms with Crippen molar-refractivity contribution in [3.05, 3.63) is 64.7 Å². The van der Waals surface area contributed by atoms with E-state index in [2.05, 4.69) is 9.97 Å². The van der Waals surface area contributed by atoms with Gasteiger partial charge in [0.25, 0.3) is 11.5 Å². The van der Waals surface area contributed by atoms with Crippen LogP contribution in [0, 0.1) is 0 Å². The Labute approximate surface area is 166 Å². The summed E-state index contributed by atoms with van der Waals surface area (Å²) in [6.45, 7) is 1.69. The Morgan fingerprint density at radius 2 is 1.93 bits per heavy atom. The third kappa shape index (κ3) is 3.56. The topological polar surface area (TPSA) is 95.6 Å². The van der Waals surface area contributed by atoms with Gasteiger partial charge in [-0.3, -0.25) is 14.4 Å². The summed E-state index contributed by atoms with van der Waals surface area (Å²) in [5, 5.41) is 0.495. The lowest BCUT2D eigenvalue weighted by atomic mass is 10.1. The Hall–Kier alpha value is -3.68. The van der Waals surface area contributed by atoms with E-state index >= 15 is 0 Å². The summed E-state index contributed by atoms with van der Waals surface area (Å²) in [5.41, 5.74) is 0.960. The first-order chi connectivity index (χ1) is 13.9. The highest BCUT2D eigenvalue weighted by Crippen LogP contribution is 2.33. The average Bonchev–Trinajstić information content (AvgIpc) is 2.72. The van der Waals surface area contributed by atoms with E-state index in [-0.39, 0.29) is 30.5 Å². The van der Waals surface area contributed by atoms with Crippen LogP contribution >= 0.6 is 0 Å². The van der Waals surface area contributed by atoms with Crippen LogP contribution < -0.4 is 15.2 Å². The molecule has 8 nitrogen and oxygen atoms in total. The van der Waals surface area contributed by atoms with Gasteiger partial charge in [-0.05, 0) is 24.3 Å². The molecule has 1 N–H and O–H groups in total. The number of aromatic nitrogens is 2. The lowest BCUT2D eigenvalue weighted by Gasteiger charge is -2.35. The van der Waals surface area contributed by atoms with Crippen molar-refractivity contribution >= 4 is 28.4 Å². The minimum absolute atomic E-state index is 0.112. The normalized spacial score (nSPS) is 15.5. The number of carbonyl (C=O) groups is 2. The molecule has 8 heteroatoms. The first-order valence-corrected chi connectivity index (χ1v) is 9.21. The molecular weight excluding hydrogens is 372 g/mol. The maximum atomic E-state index is 13.0. The van der Waals surface area contributed by atoms with Crippen molar-refractivity contribution in [1.29, 1.82) is 0 Å². The second kappa shape index (κ2) is 7.38. The maximum Gasteiger partial charge on any atom is 0.265 e. The fourth-order valence-corrected chi connectivity index (χ4v) is 3.42. The first-order valence-electron chi connectivity index (χ1n) is 9.21. The minimum atomic E-state index is -0.842. The lowest BCUT2D eigenvalue weighted by molar-refractivity contribution is -0.138. The number of amides is 2. The summed E-state index contributed by atoms with van der Waals surface area (Å²) in [4.78, 5) is 47.4. The van der Waals surface area contributed by atoms with Gasteiger partial charge in [0.1, 0.15) is 11.6 Å². The highest BCUT2D eigenvalue weighted by Gasteiger charge is 2.34. The van der Waals surface area contributed by atoms with Crippen molar-refractivity contribution in [2.75, 3.05) is 18.5 Å². The summed E-state index contributed by atoms with van der Waals surface area (Å²) in [6.07, 6.45) is -0.842. The molecule has 29 heavy (non-hydrogen) atoms. The monoisotopic (exact) mass is 392 g/mol. The van der Waals surface area contributed by atoms with E-state index in [1.54, 1.807) is 49.5 Å². The lowest BCUT2D eigenvalue weighted by Crippen LogP contribution is -2.50. The standard InChI is InChI=1S/C21H20N4O4/c1-13(26)25-11-18(29-17-10-6-5-9-16(17)25)21(28)24(2)12-19-22-15-8-4-3-7-14(15)20(27)23-19/h3-10,18H,11-12H2,1-2H3,(H,22,23,27)/t18-/m0/s1. The van der Waals surface area contributed by atoms with Gasteiger partial charge >= 0.3 is 0 Å². The summed E-state index contributed by atoms with van der Waals surface area (Å²) in [5.74, 6) is 0.394. The zero-order valence-corrected chi connectivity index (χ0v) is 16.1. The van der Waals surface area contributed by atoms with E-state index in [0.717, 1.165) is 0 Å². The van der Waals surface area contributed by atoms with Crippen molar-refractivity contribution in [3.63, 3.8) is 0 Å². The molecule has 0 spiro atoms. The molecule has 0 saturated carbocycles. The molecule has 2 aromatic carbocycles. The molecule has 2 amide bonds. The number of aromatic amines is 1. The van der Waals surface area contributed by atoms with Crippen molar-refractivity contribution in [3.8, 4) is 5.75 Å². The number of nitrogens with zero attached hydrogens (tertiary/aromatic N) is 3. The molecule has 0 bridgehead atoms. The third-order valence-corrected chi connectivity index (χ3v) is 4.85. The highest BCUT2D eigenvalue weighted by molar-refractivity contribution is 5.95. The van der Waals surface area contributed by atoms with Crippen LogP contribution in [0.3, 0.4) is 0 Å². The average molecular weight is 392 g/mol. The molecule has 4 rings (SSSR count). The van der Waals surface area contributed by atoms with Crippen LogP contribution in [-0.4, -0.2) is 46.4 Å². The molecular formula is C21H20N4O4. The predicted octanol–water partition coefficient (Wildman–Crippen LogP) is 1.70. The molecule has 0 fully saturated rings. The number of para-hydroxylation sites is 3. The van der Waals surface area contributed by atoms with Gasteiger partial charge < -0.3 is 19.5 Å². The van der Waals surface area contributed by atoms with Gasteiger partial charge in [-0.1, -0.05) is 24.3 Å². The van der Waals surface area contributed by atoms with Gasteiger partial charge in [-0.15, -0.1) is 0 Å². The number of hydrogen-bond acceptors (Lipinski definition) is 5. The number of rotatable bonds is 3. The van der Waals surface area contributed by atoms with Gasteiger partial charge in [0.05, 0.1) is 29.7 Å². The van der Waals surface area contributed by atoms with Crippen molar-refractivity contribution in [1.82, 2.24) is 14.9 Å². The Balaban J connectivity index is 1.55. The van der Waals surface area contributed by atoms with Crippen molar-refractivity contribution < 1.29 is 14.3 Å². The minimum Gasteiger partial charge on any atom is -0.476 e. The van der Waals surface area contributed by atoms with Crippen molar-refractivity contribution in [2.45, 2.75) is 19.6 Å². The Kier molecular flexibility index (Phi) is 4.75. The number of likely N-dealkylation sites (N-methyl/N-ethyl adjacent to an activating group) is 1. The molecule has 0 aliphatic carbocycles.